The van der Waals surface area contributed by atoms with E-state index in [1.165, 1.54) is 20.3 Å². The summed E-state index contributed by atoms with van der Waals surface area (Å²) in [4.78, 5) is 18.8. The molecule has 128 valence electrons. The van der Waals surface area contributed by atoms with Crippen LogP contribution in [0.5, 0.6) is 23.5 Å². The van der Waals surface area contributed by atoms with Crippen LogP contribution in [0.25, 0.3) is 0 Å². The summed E-state index contributed by atoms with van der Waals surface area (Å²) >= 11 is 0. The van der Waals surface area contributed by atoms with Gasteiger partial charge in [-0.15, -0.1) is 0 Å². The number of carboxylic acids is 1. The lowest BCUT2D eigenvalue weighted by atomic mass is 10.1. The van der Waals surface area contributed by atoms with Gasteiger partial charge in [-0.05, 0) is 18.2 Å². The molecule has 0 aliphatic carbocycles. The fourth-order valence-corrected chi connectivity index (χ4v) is 1.70. The summed E-state index contributed by atoms with van der Waals surface area (Å²) in [6.07, 6.45) is -4.68. The van der Waals surface area contributed by atoms with Crippen LogP contribution in [0.3, 0.4) is 0 Å². The second-order valence-electron chi connectivity index (χ2n) is 4.35. The van der Waals surface area contributed by atoms with E-state index in [0.29, 0.717) is 12.1 Å². The molecule has 24 heavy (non-hydrogen) atoms. The van der Waals surface area contributed by atoms with E-state index in [0.717, 1.165) is 6.07 Å². The number of hydrogen-bond donors (Lipinski definition) is 1. The highest BCUT2D eigenvalue weighted by molar-refractivity contribution is 5.91. The number of nitrogens with zero attached hydrogens (tertiary/aromatic N) is 2. The predicted molar refractivity (Wildman–Crippen MR) is 73.6 cm³/mol. The Kier molecular flexibility index (Phi) is 4.77. The van der Waals surface area contributed by atoms with Crippen LogP contribution in [0.15, 0.2) is 24.3 Å². The Morgan fingerprint density at radius 1 is 1.08 bits per heavy atom. The lowest BCUT2D eigenvalue weighted by Crippen LogP contribution is -2.09. The Bertz CT molecular complexity index is 742. The highest BCUT2D eigenvalue weighted by atomic mass is 19.4. The Hall–Kier alpha value is -3.04. The van der Waals surface area contributed by atoms with Crippen molar-refractivity contribution in [2.24, 2.45) is 0 Å². The molecule has 2 aromatic rings. The first-order chi connectivity index (χ1) is 11.2. The predicted octanol–water partition coefficient (Wildman–Crippen LogP) is 3.00. The third-order valence-corrected chi connectivity index (χ3v) is 2.82. The number of halogens is 3. The molecule has 0 saturated carbocycles. The zero-order chi connectivity index (χ0) is 17.9. The van der Waals surface area contributed by atoms with E-state index in [1.54, 1.807) is 0 Å². The van der Waals surface area contributed by atoms with E-state index in [9.17, 15) is 18.0 Å². The molecule has 7 nitrogen and oxygen atoms in total. The average molecular weight is 344 g/mol. The molecule has 1 aromatic heterocycles. The summed E-state index contributed by atoms with van der Waals surface area (Å²) in [7, 11) is 2.65. The van der Waals surface area contributed by atoms with Crippen LogP contribution in [0, 0.1) is 0 Å². The highest BCUT2D eigenvalue weighted by Gasteiger charge is 2.32. The van der Waals surface area contributed by atoms with E-state index in [-0.39, 0.29) is 23.5 Å². The normalized spacial score (nSPS) is 11.0. The molecule has 0 radical (unpaired) electrons. The molecule has 10 heteroatoms. The molecule has 0 saturated heterocycles. The fraction of sp³-hybridized carbons (Fsp3) is 0.214. The standard InChI is InChI=1S/C14H11F3N2O5/c1-22-10-6-11(23-2)19-13(18-10)24-9-4-3-7(14(15,16)17)5-8(9)12(20)21/h3-6H,1-2H3,(H,20,21). The van der Waals surface area contributed by atoms with E-state index >= 15 is 0 Å². The van der Waals surface area contributed by atoms with Gasteiger partial charge in [-0.3, -0.25) is 0 Å². The van der Waals surface area contributed by atoms with Crippen molar-refractivity contribution in [3.05, 3.63) is 35.4 Å². The van der Waals surface area contributed by atoms with E-state index in [4.69, 9.17) is 19.3 Å². The van der Waals surface area contributed by atoms with Gasteiger partial charge in [0.2, 0.25) is 11.8 Å². The van der Waals surface area contributed by atoms with Gasteiger partial charge in [-0.25, -0.2) is 4.79 Å². The summed E-state index contributed by atoms with van der Waals surface area (Å²) in [6, 6.07) is 3.04. The molecule has 0 spiro atoms. The average Bonchev–Trinajstić information content (AvgIpc) is 2.53. The number of benzene rings is 1. The van der Waals surface area contributed by atoms with Gasteiger partial charge in [0.15, 0.2) is 0 Å². The van der Waals surface area contributed by atoms with E-state index in [2.05, 4.69) is 9.97 Å². The lowest BCUT2D eigenvalue weighted by Gasteiger charge is -2.12. The first kappa shape index (κ1) is 17.3. The van der Waals surface area contributed by atoms with Crippen molar-refractivity contribution in [1.82, 2.24) is 9.97 Å². The Morgan fingerprint density at radius 3 is 2.12 bits per heavy atom. The number of carbonyl (C=O) groups is 1. The molecule has 2 rings (SSSR count). The van der Waals surface area contributed by atoms with Crippen LogP contribution < -0.4 is 14.2 Å². The van der Waals surface area contributed by atoms with Gasteiger partial charge in [0.25, 0.3) is 0 Å². The molecule has 0 fully saturated rings. The molecule has 0 unspecified atom stereocenters. The Balaban J connectivity index is 2.44. The number of rotatable bonds is 5. The summed E-state index contributed by atoms with van der Waals surface area (Å²) < 4.78 is 53.1. The van der Waals surface area contributed by atoms with Crippen LogP contribution in [0.1, 0.15) is 15.9 Å². The molecule has 0 atom stereocenters. The molecule has 1 aromatic carbocycles. The van der Waals surface area contributed by atoms with Crippen molar-refractivity contribution in [1.29, 1.82) is 0 Å². The maximum absolute atomic E-state index is 12.7. The van der Waals surface area contributed by atoms with E-state index in [1.807, 2.05) is 0 Å². The quantitative estimate of drug-likeness (QED) is 0.891. The Labute approximate surface area is 133 Å². The smallest absolute Gasteiger partial charge is 0.416 e. The number of aromatic nitrogens is 2. The summed E-state index contributed by atoms with van der Waals surface area (Å²) in [5.41, 5.74) is -1.80. The first-order valence-corrected chi connectivity index (χ1v) is 6.34. The van der Waals surface area contributed by atoms with Crippen molar-refractivity contribution in [2.45, 2.75) is 6.18 Å². The molecular weight excluding hydrogens is 333 g/mol. The zero-order valence-corrected chi connectivity index (χ0v) is 12.4. The van der Waals surface area contributed by atoms with Crippen LogP contribution in [0.2, 0.25) is 0 Å². The number of hydrogen-bond acceptors (Lipinski definition) is 6. The molecule has 1 N–H and O–H groups in total. The lowest BCUT2D eigenvalue weighted by molar-refractivity contribution is -0.137. The van der Waals surface area contributed by atoms with Crippen LogP contribution in [-0.4, -0.2) is 35.3 Å². The topological polar surface area (TPSA) is 90.8 Å². The van der Waals surface area contributed by atoms with Gasteiger partial charge < -0.3 is 19.3 Å². The number of aromatic carboxylic acids is 1. The fourth-order valence-electron chi connectivity index (χ4n) is 1.70. The Morgan fingerprint density at radius 2 is 1.67 bits per heavy atom. The van der Waals surface area contributed by atoms with Crippen LogP contribution >= 0.6 is 0 Å². The van der Waals surface area contributed by atoms with Crippen molar-refractivity contribution >= 4 is 5.97 Å². The molecule has 0 bridgehead atoms. The highest BCUT2D eigenvalue weighted by Crippen LogP contribution is 2.34. The molecule has 0 aliphatic rings. The van der Waals surface area contributed by atoms with Crippen molar-refractivity contribution in [3.63, 3.8) is 0 Å². The largest absolute Gasteiger partial charge is 0.481 e. The van der Waals surface area contributed by atoms with Gasteiger partial charge in [0.1, 0.15) is 11.3 Å². The second-order valence-corrected chi connectivity index (χ2v) is 4.35. The number of methoxy groups -OCH3 is 2. The van der Waals surface area contributed by atoms with Gasteiger partial charge >= 0.3 is 18.2 Å². The molecular formula is C14H11F3N2O5. The summed E-state index contributed by atoms with van der Waals surface area (Å²) in [5.74, 6) is -1.81. The number of carboxylic acid groups (broad SMARTS) is 1. The SMILES string of the molecule is COc1cc(OC)nc(Oc2ccc(C(F)(F)F)cc2C(=O)O)n1. The third kappa shape index (κ3) is 3.83. The minimum Gasteiger partial charge on any atom is -0.481 e. The monoisotopic (exact) mass is 344 g/mol. The number of alkyl halides is 3. The molecule has 0 aliphatic heterocycles. The van der Waals surface area contributed by atoms with Gasteiger partial charge in [-0.2, -0.15) is 23.1 Å². The zero-order valence-electron chi connectivity index (χ0n) is 12.4. The van der Waals surface area contributed by atoms with Crippen molar-refractivity contribution < 1.29 is 37.3 Å². The van der Waals surface area contributed by atoms with Gasteiger partial charge in [0.05, 0.1) is 25.8 Å². The van der Waals surface area contributed by atoms with E-state index < -0.39 is 23.3 Å². The minimum atomic E-state index is -4.68. The third-order valence-electron chi connectivity index (χ3n) is 2.82. The minimum absolute atomic E-state index is 0.0700. The second kappa shape index (κ2) is 6.60. The maximum Gasteiger partial charge on any atom is 0.416 e. The van der Waals surface area contributed by atoms with Crippen LogP contribution in [-0.2, 0) is 6.18 Å². The molecule has 1 heterocycles. The summed E-state index contributed by atoms with van der Waals surface area (Å²) in [6.45, 7) is 0. The van der Waals surface area contributed by atoms with Gasteiger partial charge in [-0.1, -0.05) is 0 Å². The molecule has 0 amide bonds. The van der Waals surface area contributed by atoms with Crippen molar-refractivity contribution in [3.8, 4) is 23.5 Å². The van der Waals surface area contributed by atoms with Gasteiger partial charge in [0, 0.05) is 0 Å². The summed E-state index contributed by atoms with van der Waals surface area (Å²) in [5, 5.41) is 9.10. The maximum atomic E-state index is 12.7. The first-order valence-electron chi connectivity index (χ1n) is 6.34. The van der Waals surface area contributed by atoms with Crippen LogP contribution in [0.4, 0.5) is 13.2 Å². The van der Waals surface area contributed by atoms with Crippen molar-refractivity contribution in [2.75, 3.05) is 14.2 Å². The number of ether oxygens (including phenoxy) is 3.